The lowest BCUT2D eigenvalue weighted by molar-refractivity contribution is 0.626. The van der Waals surface area contributed by atoms with Gasteiger partial charge >= 0.3 is 0 Å². The molecule has 3 rings (SSSR count). The Morgan fingerprint density at radius 1 is 1.14 bits per heavy atom. The van der Waals surface area contributed by atoms with E-state index < -0.39 is 0 Å². The van der Waals surface area contributed by atoms with Crippen LogP contribution in [-0.4, -0.2) is 45.9 Å². The normalized spacial score (nSPS) is 11.7. The predicted molar refractivity (Wildman–Crippen MR) is 112 cm³/mol. The summed E-state index contributed by atoms with van der Waals surface area (Å²) in [6.45, 7) is 4.32. The highest BCUT2D eigenvalue weighted by Crippen LogP contribution is 2.18. The molecule has 2 heterocycles. The van der Waals surface area contributed by atoms with Crippen LogP contribution in [0, 0.1) is 5.82 Å². The predicted octanol–water partition coefficient (Wildman–Crippen LogP) is 3.15. The van der Waals surface area contributed by atoms with Gasteiger partial charge in [0, 0.05) is 37.1 Å². The summed E-state index contributed by atoms with van der Waals surface area (Å²) in [5.74, 6) is 2.48. The molecular weight excluding hydrogens is 375 g/mol. The van der Waals surface area contributed by atoms with Crippen molar-refractivity contribution in [2.24, 2.45) is 4.99 Å². The molecule has 0 fully saturated rings. The molecule has 6 nitrogen and oxygen atoms in total. The van der Waals surface area contributed by atoms with Crippen LogP contribution in [0.4, 0.5) is 4.39 Å². The van der Waals surface area contributed by atoms with E-state index in [1.54, 1.807) is 11.8 Å². The molecule has 0 aliphatic rings. The van der Waals surface area contributed by atoms with Crippen molar-refractivity contribution in [2.45, 2.75) is 24.7 Å². The first-order valence-electron chi connectivity index (χ1n) is 9.45. The first-order chi connectivity index (χ1) is 13.8. The van der Waals surface area contributed by atoms with E-state index in [2.05, 4.69) is 25.8 Å². The van der Waals surface area contributed by atoms with Gasteiger partial charge in [0.15, 0.2) is 11.6 Å². The molecular formula is C20H25FN6S. The molecule has 0 aliphatic carbocycles. The maximum absolute atomic E-state index is 12.9. The summed E-state index contributed by atoms with van der Waals surface area (Å²) in [6.07, 6.45) is 3.69. The highest BCUT2D eigenvalue weighted by molar-refractivity contribution is 7.99. The number of rotatable bonds is 9. The summed E-state index contributed by atoms with van der Waals surface area (Å²) in [6, 6.07) is 12.5. The lowest BCUT2D eigenvalue weighted by atomic mass is 10.4. The van der Waals surface area contributed by atoms with E-state index in [1.165, 1.54) is 12.1 Å². The SMILES string of the molecule is CCNC(=NCCCSc1ccc(F)cc1)NCCc1nnc2ccccn12. The Balaban J connectivity index is 1.41. The Hall–Kier alpha value is -2.61. The van der Waals surface area contributed by atoms with Crippen molar-refractivity contribution in [1.29, 1.82) is 0 Å². The van der Waals surface area contributed by atoms with Crippen LogP contribution in [-0.2, 0) is 6.42 Å². The van der Waals surface area contributed by atoms with Crippen LogP contribution in [0.2, 0.25) is 0 Å². The number of aliphatic imine (C=N–C) groups is 1. The number of aromatic nitrogens is 3. The van der Waals surface area contributed by atoms with Crippen LogP contribution in [0.5, 0.6) is 0 Å². The lowest BCUT2D eigenvalue weighted by Gasteiger charge is -2.10. The zero-order chi connectivity index (χ0) is 19.6. The Morgan fingerprint density at radius 2 is 2.00 bits per heavy atom. The van der Waals surface area contributed by atoms with Crippen molar-refractivity contribution in [3.05, 3.63) is 60.3 Å². The van der Waals surface area contributed by atoms with Gasteiger partial charge in [-0.1, -0.05) is 6.07 Å². The highest BCUT2D eigenvalue weighted by atomic mass is 32.2. The van der Waals surface area contributed by atoms with Gasteiger partial charge in [0.05, 0.1) is 0 Å². The average molecular weight is 401 g/mol. The smallest absolute Gasteiger partial charge is 0.191 e. The monoisotopic (exact) mass is 400 g/mol. The Morgan fingerprint density at radius 3 is 2.82 bits per heavy atom. The number of guanidine groups is 1. The number of hydrogen-bond donors (Lipinski definition) is 2. The van der Waals surface area contributed by atoms with E-state index in [-0.39, 0.29) is 5.82 Å². The molecule has 0 amide bonds. The Bertz CT molecular complexity index is 893. The van der Waals surface area contributed by atoms with E-state index in [0.717, 1.165) is 60.6 Å². The average Bonchev–Trinajstić information content (AvgIpc) is 3.12. The minimum absolute atomic E-state index is 0.200. The van der Waals surface area contributed by atoms with Crippen LogP contribution in [0.1, 0.15) is 19.2 Å². The molecule has 0 radical (unpaired) electrons. The molecule has 1 aromatic carbocycles. The fourth-order valence-electron chi connectivity index (χ4n) is 2.67. The second kappa shape index (κ2) is 10.7. The first-order valence-corrected chi connectivity index (χ1v) is 10.4. The van der Waals surface area contributed by atoms with E-state index in [1.807, 2.05) is 47.9 Å². The maximum Gasteiger partial charge on any atom is 0.191 e. The molecule has 148 valence electrons. The summed E-state index contributed by atoms with van der Waals surface area (Å²) < 4.78 is 14.9. The van der Waals surface area contributed by atoms with Gasteiger partial charge in [-0.05, 0) is 55.5 Å². The van der Waals surface area contributed by atoms with Crippen molar-refractivity contribution in [3.63, 3.8) is 0 Å². The quantitative estimate of drug-likeness (QED) is 0.250. The fourth-order valence-corrected chi connectivity index (χ4v) is 3.51. The highest BCUT2D eigenvalue weighted by Gasteiger charge is 2.05. The Labute approximate surface area is 168 Å². The van der Waals surface area contributed by atoms with Gasteiger partial charge in [-0.15, -0.1) is 22.0 Å². The molecule has 0 atom stereocenters. The molecule has 0 aliphatic heterocycles. The van der Waals surface area contributed by atoms with E-state index in [0.29, 0.717) is 0 Å². The third-order valence-electron chi connectivity index (χ3n) is 4.02. The minimum atomic E-state index is -0.200. The zero-order valence-corrected chi connectivity index (χ0v) is 16.8. The second-order valence-electron chi connectivity index (χ2n) is 6.14. The third kappa shape index (κ3) is 5.95. The number of fused-ring (bicyclic) bond motifs is 1. The maximum atomic E-state index is 12.9. The number of halogens is 1. The van der Waals surface area contributed by atoms with E-state index in [4.69, 9.17) is 0 Å². The van der Waals surface area contributed by atoms with E-state index >= 15 is 0 Å². The number of thioether (sulfide) groups is 1. The van der Waals surface area contributed by atoms with Gasteiger partial charge < -0.3 is 10.6 Å². The Kier molecular flexibility index (Phi) is 7.66. The molecule has 2 aromatic heterocycles. The topological polar surface area (TPSA) is 66.6 Å². The lowest BCUT2D eigenvalue weighted by Crippen LogP contribution is -2.38. The molecule has 8 heteroatoms. The summed E-state index contributed by atoms with van der Waals surface area (Å²) in [7, 11) is 0. The first kappa shape index (κ1) is 20.1. The summed E-state index contributed by atoms with van der Waals surface area (Å²) in [4.78, 5) is 5.70. The number of pyridine rings is 1. The van der Waals surface area contributed by atoms with Crippen LogP contribution < -0.4 is 10.6 Å². The zero-order valence-electron chi connectivity index (χ0n) is 15.9. The molecule has 0 bridgehead atoms. The van der Waals surface area contributed by atoms with Crippen LogP contribution >= 0.6 is 11.8 Å². The van der Waals surface area contributed by atoms with Gasteiger partial charge in [0.25, 0.3) is 0 Å². The van der Waals surface area contributed by atoms with Crippen molar-refractivity contribution < 1.29 is 4.39 Å². The van der Waals surface area contributed by atoms with Crippen molar-refractivity contribution in [2.75, 3.05) is 25.4 Å². The van der Waals surface area contributed by atoms with E-state index in [9.17, 15) is 4.39 Å². The summed E-state index contributed by atoms with van der Waals surface area (Å²) in [5.41, 5.74) is 0.858. The fraction of sp³-hybridized carbons (Fsp3) is 0.350. The molecule has 0 unspecified atom stereocenters. The van der Waals surface area contributed by atoms with Gasteiger partial charge in [0.2, 0.25) is 0 Å². The molecule has 3 aromatic rings. The number of benzene rings is 1. The van der Waals surface area contributed by atoms with Gasteiger partial charge in [-0.2, -0.15) is 0 Å². The largest absolute Gasteiger partial charge is 0.357 e. The van der Waals surface area contributed by atoms with Crippen molar-refractivity contribution >= 4 is 23.4 Å². The van der Waals surface area contributed by atoms with Gasteiger partial charge in [-0.3, -0.25) is 9.39 Å². The van der Waals surface area contributed by atoms with Crippen molar-refractivity contribution in [1.82, 2.24) is 25.2 Å². The molecule has 0 saturated heterocycles. The van der Waals surface area contributed by atoms with Crippen molar-refractivity contribution in [3.8, 4) is 0 Å². The molecule has 2 N–H and O–H groups in total. The number of nitrogens with zero attached hydrogens (tertiary/aromatic N) is 4. The minimum Gasteiger partial charge on any atom is -0.357 e. The molecule has 28 heavy (non-hydrogen) atoms. The second-order valence-corrected chi connectivity index (χ2v) is 7.31. The third-order valence-corrected chi connectivity index (χ3v) is 5.12. The van der Waals surface area contributed by atoms with Gasteiger partial charge in [0.1, 0.15) is 11.6 Å². The van der Waals surface area contributed by atoms with Crippen LogP contribution in [0.15, 0.2) is 58.5 Å². The molecule has 0 spiro atoms. The van der Waals surface area contributed by atoms with Crippen LogP contribution in [0.3, 0.4) is 0 Å². The standard InChI is InChI=1S/C20H25FN6S/c1-2-22-20(23-12-5-15-28-17-9-7-16(21)8-10-17)24-13-11-19-26-25-18-6-3-4-14-27(18)19/h3-4,6-10,14H,2,5,11-13,15H2,1H3,(H2,22,23,24). The number of hydrogen-bond acceptors (Lipinski definition) is 4. The van der Waals surface area contributed by atoms with Gasteiger partial charge in [-0.25, -0.2) is 4.39 Å². The number of nitrogens with one attached hydrogen (secondary N) is 2. The van der Waals surface area contributed by atoms with Crippen LogP contribution in [0.25, 0.3) is 5.65 Å². The summed E-state index contributed by atoms with van der Waals surface area (Å²) >= 11 is 1.72. The molecule has 0 saturated carbocycles. The summed E-state index contributed by atoms with van der Waals surface area (Å²) in [5, 5.41) is 15.0.